The maximum absolute atomic E-state index is 13.7. The van der Waals surface area contributed by atoms with E-state index in [0.29, 0.717) is 17.6 Å². The molecule has 7 nitrogen and oxygen atoms in total. The van der Waals surface area contributed by atoms with Crippen LogP contribution in [0, 0.1) is 5.82 Å². The van der Waals surface area contributed by atoms with E-state index in [1.807, 2.05) is 0 Å². The van der Waals surface area contributed by atoms with Gasteiger partial charge in [-0.25, -0.2) is 19.3 Å². The maximum atomic E-state index is 13.7. The molecule has 4 rings (SSSR count). The van der Waals surface area contributed by atoms with Gasteiger partial charge in [-0.1, -0.05) is 25.5 Å². The van der Waals surface area contributed by atoms with Gasteiger partial charge in [0.05, 0.1) is 18.0 Å². The highest BCUT2D eigenvalue weighted by molar-refractivity contribution is 6.05. The van der Waals surface area contributed by atoms with Crippen LogP contribution in [0.4, 0.5) is 29.2 Å². The van der Waals surface area contributed by atoms with E-state index in [0.717, 1.165) is 25.5 Å². The minimum Gasteiger partial charge on any atom is -0.369 e. The fourth-order valence-electron chi connectivity index (χ4n) is 3.52. The number of hydrogen-bond donors (Lipinski definition) is 2. The average Bonchev–Trinajstić information content (AvgIpc) is 3.18. The lowest BCUT2D eigenvalue weighted by Crippen LogP contribution is -2.18. The number of fused-ring (bicyclic) bond motifs is 1. The summed E-state index contributed by atoms with van der Waals surface area (Å²) < 4.78 is 54.8. The number of unbranched alkanes of at least 4 members (excludes halogenated alkanes) is 1. The summed E-state index contributed by atoms with van der Waals surface area (Å²) in [5, 5.41) is 5.85. The van der Waals surface area contributed by atoms with E-state index in [1.54, 1.807) is 6.07 Å². The van der Waals surface area contributed by atoms with Crippen molar-refractivity contribution in [3.05, 3.63) is 77.6 Å². The summed E-state index contributed by atoms with van der Waals surface area (Å²) in [4.78, 5) is 25.4. The SMILES string of the molecule is CCCCNc1cnc(NC(=O)c2cc3cc(C(F)(F)F)cnc3n2Cc2cccc(F)c2)cn1. The van der Waals surface area contributed by atoms with Crippen molar-refractivity contribution in [2.75, 3.05) is 17.2 Å². The predicted molar refractivity (Wildman–Crippen MR) is 124 cm³/mol. The van der Waals surface area contributed by atoms with Crippen molar-refractivity contribution in [3.63, 3.8) is 0 Å². The molecule has 3 aromatic heterocycles. The number of amides is 1. The van der Waals surface area contributed by atoms with E-state index < -0.39 is 23.5 Å². The molecule has 0 atom stereocenters. The van der Waals surface area contributed by atoms with Crippen LogP contribution >= 0.6 is 0 Å². The molecule has 0 radical (unpaired) electrons. The predicted octanol–water partition coefficient (Wildman–Crippen LogP) is 5.50. The van der Waals surface area contributed by atoms with Gasteiger partial charge in [0.15, 0.2) is 5.82 Å². The van der Waals surface area contributed by atoms with Crippen molar-refractivity contribution >= 4 is 28.6 Å². The molecule has 2 N–H and O–H groups in total. The zero-order valence-electron chi connectivity index (χ0n) is 18.7. The van der Waals surface area contributed by atoms with E-state index in [4.69, 9.17) is 0 Å². The van der Waals surface area contributed by atoms with E-state index in [1.165, 1.54) is 41.2 Å². The van der Waals surface area contributed by atoms with E-state index in [9.17, 15) is 22.4 Å². The van der Waals surface area contributed by atoms with Gasteiger partial charge in [0.25, 0.3) is 5.91 Å². The van der Waals surface area contributed by atoms with Crippen molar-refractivity contribution in [2.45, 2.75) is 32.5 Å². The second-order valence-corrected chi connectivity index (χ2v) is 7.90. The van der Waals surface area contributed by atoms with Crippen LogP contribution < -0.4 is 10.6 Å². The molecule has 3 heterocycles. The molecule has 1 aromatic carbocycles. The number of pyridine rings is 1. The second-order valence-electron chi connectivity index (χ2n) is 7.90. The minimum atomic E-state index is -4.59. The summed E-state index contributed by atoms with van der Waals surface area (Å²) in [5.41, 5.74) is -0.213. The molecule has 0 spiro atoms. The van der Waals surface area contributed by atoms with Crippen LogP contribution in [-0.2, 0) is 12.7 Å². The van der Waals surface area contributed by atoms with Gasteiger partial charge < -0.3 is 15.2 Å². The highest BCUT2D eigenvalue weighted by Gasteiger charge is 2.32. The van der Waals surface area contributed by atoms with Crippen LogP contribution in [0.1, 0.15) is 41.4 Å². The Morgan fingerprint density at radius 3 is 2.49 bits per heavy atom. The average molecular weight is 486 g/mol. The molecular formula is C24H22F4N6O. The largest absolute Gasteiger partial charge is 0.417 e. The van der Waals surface area contributed by atoms with Gasteiger partial charge in [0.2, 0.25) is 0 Å². The van der Waals surface area contributed by atoms with Gasteiger partial charge in [-0.2, -0.15) is 13.2 Å². The summed E-state index contributed by atoms with van der Waals surface area (Å²) in [6, 6.07) is 7.97. The fraction of sp³-hybridized carbons (Fsp3) is 0.250. The minimum absolute atomic E-state index is 0.0222. The Labute approximate surface area is 198 Å². The fourth-order valence-corrected chi connectivity index (χ4v) is 3.52. The third-order valence-corrected chi connectivity index (χ3v) is 5.25. The number of carbonyl (C=O) groups is 1. The van der Waals surface area contributed by atoms with Gasteiger partial charge >= 0.3 is 6.18 Å². The van der Waals surface area contributed by atoms with Crippen LogP contribution in [0.5, 0.6) is 0 Å². The van der Waals surface area contributed by atoms with Gasteiger partial charge in [-0.15, -0.1) is 0 Å². The monoisotopic (exact) mass is 486 g/mol. The van der Waals surface area contributed by atoms with Gasteiger partial charge in [-0.3, -0.25) is 4.79 Å². The Hall–Kier alpha value is -4.02. The van der Waals surface area contributed by atoms with E-state index in [2.05, 4.69) is 32.5 Å². The molecule has 1 amide bonds. The van der Waals surface area contributed by atoms with E-state index >= 15 is 0 Å². The quantitative estimate of drug-likeness (QED) is 0.254. The van der Waals surface area contributed by atoms with Crippen LogP contribution in [0.3, 0.4) is 0 Å². The van der Waals surface area contributed by atoms with Crippen molar-refractivity contribution in [2.24, 2.45) is 0 Å². The maximum Gasteiger partial charge on any atom is 0.417 e. The number of benzene rings is 1. The molecule has 35 heavy (non-hydrogen) atoms. The smallest absolute Gasteiger partial charge is 0.369 e. The summed E-state index contributed by atoms with van der Waals surface area (Å²) in [6.45, 7) is 2.83. The number of nitrogens with one attached hydrogen (secondary N) is 2. The van der Waals surface area contributed by atoms with Crippen LogP contribution in [0.15, 0.2) is 55.0 Å². The van der Waals surface area contributed by atoms with Gasteiger partial charge in [0.1, 0.15) is 23.0 Å². The van der Waals surface area contributed by atoms with Crippen molar-refractivity contribution in [1.29, 1.82) is 0 Å². The number of halogens is 4. The van der Waals surface area contributed by atoms with Crippen LogP contribution in [-0.4, -0.2) is 32.0 Å². The lowest BCUT2D eigenvalue weighted by atomic mass is 10.2. The summed E-state index contributed by atoms with van der Waals surface area (Å²) in [6.07, 6.45) is 0.979. The number of hydrogen-bond acceptors (Lipinski definition) is 5. The Kier molecular flexibility index (Phi) is 6.94. The van der Waals surface area contributed by atoms with E-state index in [-0.39, 0.29) is 29.1 Å². The molecule has 182 valence electrons. The Morgan fingerprint density at radius 2 is 1.80 bits per heavy atom. The van der Waals surface area contributed by atoms with Gasteiger partial charge in [-0.05, 0) is 36.2 Å². The number of carbonyl (C=O) groups excluding carboxylic acids is 1. The molecule has 4 aromatic rings. The molecule has 0 saturated carbocycles. The van der Waals surface area contributed by atoms with Crippen LogP contribution in [0.2, 0.25) is 0 Å². The zero-order valence-corrected chi connectivity index (χ0v) is 18.7. The highest BCUT2D eigenvalue weighted by Crippen LogP contribution is 2.31. The van der Waals surface area contributed by atoms with Gasteiger partial charge in [0, 0.05) is 24.7 Å². The summed E-state index contributed by atoms with van der Waals surface area (Å²) in [5.74, 6) is -0.364. The topological polar surface area (TPSA) is 84.7 Å². The first kappa shape index (κ1) is 24.1. The lowest BCUT2D eigenvalue weighted by Gasteiger charge is -2.11. The number of anilines is 2. The first-order valence-corrected chi connectivity index (χ1v) is 10.9. The Bertz CT molecular complexity index is 1330. The normalized spacial score (nSPS) is 11.6. The first-order valence-electron chi connectivity index (χ1n) is 10.9. The molecule has 0 bridgehead atoms. The standard InChI is InChI=1S/C24H22F4N6O/c1-2-3-7-29-20-12-31-21(13-30-20)33-23(35)19-10-16-9-17(24(26,27)28)11-32-22(16)34(19)14-15-5-4-6-18(25)8-15/h4-6,8-13H,2-3,7,14H2,1H3,(H,29,30)(H,31,33,35). The molecule has 0 aliphatic rings. The van der Waals surface area contributed by atoms with Crippen molar-refractivity contribution < 1.29 is 22.4 Å². The molecule has 0 saturated heterocycles. The highest BCUT2D eigenvalue weighted by atomic mass is 19.4. The molecule has 0 unspecified atom stereocenters. The second kappa shape index (κ2) is 10.1. The molecule has 0 fully saturated rings. The molecule has 0 aliphatic carbocycles. The Morgan fingerprint density at radius 1 is 1.03 bits per heavy atom. The van der Waals surface area contributed by atoms with Crippen molar-refractivity contribution in [1.82, 2.24) is 19.5 Å². The molecule has 0 aliphatic heterocycles. The summed E-state index contributed by atoms with van der Waals surface area (Å²) >= 11 is 0. The van der Waals surface area contributed by atoms with Crippen LogP contribution in [0.25, 0.3) is 11.0 Å². The third kappa shape index (κ3) is 5.73. The molecular weight excluding hydrogens is 464 g/mol. The number of alkyl halides is 3. The molecule has 11 heteroatoms. The third-order valence-electron chi connectivity index (χ3n) is 5.25. The first-order chi connectivity index (χ1) is 16.7. The lowest BCUT2D eigenvalue weighted by molar-refractivity contribution is -0.137. The van der Waals surface area contributed by atoms with Crippen molar-refractivity contribution in [3.8, 4) is 0 Å². The number of rotatable bonds is 8. The number of aromatic nitrogens is 4. The Balaban J connectivity index is 1.65. The summed E-state index contributed by atoms with van der Waals surface area (Å²) in [7, 11) is 0. The number of nitrogens with zero attached hydrogens (tertiary/aromatic N) is 4. The zero-order chi connectivity index (χ0) is 25.0.